The monoisotopic (exact) mass is 205 g/mol. The molecular formula is C11H8FNO2. The number of hydrogen-bond donors (Lipinski definition) is 1. The maximum atomic E-state index is 12.8. The van der Waals surface area contributed by atoms with Crippen LogP contribution in [-0.4, -0.2) is 5.91 Å². The Morgan fingerprint density at radius 3 is 2.87 bits per heavy atom. The smallest absolute Gasteiger partial charge is 0.258 e. The molecule has 0 aliphatic heterocycles. The number of furan rings is 1. The summed E-state index contributed by atoms with van der Waals surface area (Å²) < 4.78 is 17.6. The van der Waals surface area contributed by atoms with E-state index in [9.17, 15) is 9.18 Å². The number of benzene rings is 1. The van der Waals surface area contributed by atoms with Crippen LogP contribution in [0.2, 0.25) is 0 Å². The SMILES string of the molecule is O=C(Nc1cccc(F)c1)c1ccoc1. The third-order valence-electron chi connectivity index (χ3n) is 1.87. The lowest BCUT2D eigenvalue weighted by Gasteiger charge is -2.02. The van der Waals surface area contributed by atoms with E-state index in [0.717, 1.165) is 0 Å². The van der Waals surface area contributed by atoms with Crippen molar-refractivity contribution in [3.8, 4) is 0 Å². The van der Waals surface area contributed by atoms with E-state index in [-0.39, 0.29) is 11.7 Å². The average molecular weight is 205 g/mol. The van der Waals surface area contributed by atoms with Crippen LogP contribution < -0.4 is 5.32 Å². The highest BCUT2D eigenvalue weighted by molar-refractivity contribution is 6.03. The Balaban J connectivity index is 2.13. The fraction of sp³-hybridized carbons (Fsp3) is 0. The first-order chi connectivity index (χ1) is 7.25. The Bertz CT molecular complexity index is 465. The molecule has 0 radical (unpaired) electrons. The number of halogens is 1. The predicted molar refractivity (Wildman–Crippen MR) is 53.1 cm³/mol. The standard InChI is InChI=1S/C11H8FNO2/c12-9-2-1-3-10(6-9)13-11(14)8-4-5-15-7-8/h1-7H,(H,13,14). The van der Waals surface area contributed by atoms with Crippen LogP contribution in [-0.2, 0) is 0 Å². The topological polar surface area (TPSA) is 42.2 Å². The maximum Gasteiger partial charge on any atom is 0.258 e. The van der Waals surface area contributed by atoms with E-state index in [1.807, 2.05) is 0 Å². The van der Waals surface area contributed by atoms with Gasteiger partial charge in [-0.25, -0.2) is 4.39 Å². The summed E-state index contributed by atoms with van der Waals surface area (Å²) in [6.07, 6.45) is 2.73. The molecule has 0 bridgehead atoms. The number of amides is 1. The van der Waals surface area contributed by atoms with Crippen molar-refractivity contribution in [2.24, 2.45) is 0 Å². The van der Waals surface area contributed by atoms with Gasteiger partial charge in [-0.3, -0.25) is 4.79 Å². The van der Waals surface area contributed by atoms with Crippen molar-refractivity contribution in [3.63, 3.8) is 0 Å². The molecule has 1 N–H and O–H groups in total. The average Bonchev–Trinajstić information content (AvgIpc) is 2.70. The fourth-order valence-corrected chi connectivity index (χ4v) is 1.16. The number of carbonyl (C=O) groups excluding carboxylic acids is 1. The summed E-state index contributed by atoms with van der Waals surface area (Å²) in [7, 11) is 0. The van der Waals surface area contributed by atoms with Gasteiger partial charge in [0.15, 0.2) is 0 Å². The number of carbonyl (C=O) groups is 1. The number of anilines is 1. The minimum absolute atomic E-state index is 0.325. The van der Waals surface area contributed by atoms with Gasteiger partial charge < -0.3 is 9.73 Å². The molecule has 0 saturated carbocycles. The van der Waals surface area contributed by atoms with E-state index in [4.69, 9.17) is 4.42 Å². The van der Waals surface area contributed by atoms with Crippen molar-refractivity contribution in [1.29, 1.82) is 0 Å². The largest absolute Gasteiger partial charge is 0.472 e. The van der Waals surface area contributed by atoms with Gasteiger partial charge in [-0.05, 0) is 24.3 Å². The van der Waals surface area contributed by atoms with E-state index in [1.165, 1.54) is 36.8 Å². The molecule has 1 aromatic carbocycles. The van der Waals surface area contributed by atoms with Crippen LogP contribution in [0.1, 0.15) is 10.4 Å². The van der Waals surface area contributed by atoms with Crippen LogP contribution in [0.4, 0.5) is 10.1 Å². The summed E-state index contributed by atoms with van der Waals surface area (Å²) in [6.45, 7) is 0. The van der Waals surface area contributed by atoms with Crippen LogP contribution in [0.5, 0.6) is 0 Å². The zero-order chi connectivity index (χ0) is 10.7. The first-order valence-corrected chi connectivity index (χ1v) is 4.35. The Labute approximate surface area is 85.5 Å². The van der Waals surface area contributed by atoms with E-state index < -0.39 is 0 Å². The molecule has 76 valence electrons. The Morgan fingerprint density at radius 2 is 2.20 bits per heavy atom. The van der Waals surface area contributed by atoms with Gasteiger partial charge >= 0.3 is 0 Å². The molecule has 4 heteroatoms. The van der Waals surface area contributed by atoms with Crippen LogP contribution in [0.3, 0.4) is 0 Å². The summed E-state index contributed by atoms with van der Waals surface area (Å²) in [5.41, 5.74) is 0.820. The van der Waals surface area contributed by atoms with Gasteiger partial charge in [0.05, 0.1) is 11.8 Å². The number of rotatable bonds is 2. The van der Waals surface area contributed by atoms with Crippen molar-refractivity contribution < 1.29 is 13.6 Å². The molecule has 0 atom stereocenters. The van der Waals surface area contributed by atoms with E-state index in [2.05, 4.69) is 5.32 Å². The minimum Gasteiger partial charge on any atom is -0.472 e. The van der Waals surface area contributed by atoms with Crippen LogP contribution in [0.25, 0.3) is 0 Å². The highest BCUT2D eigenvalue weighted by Gasteiger charge is 2.06. The van der Waals surface area contributed by atoms with Crippen molar-refractivity contribution >= 4 is 11.6 Å². The van der Waals surface area contributed by atoms with Gasteiger partial charge in [0.25, 0.3) is 5.91 Å². The van der Waals surface area contributed by atoms with Crippen molar-refractivity contribution in [2.75, 3.05) is 5.32 Å². The fourth-order valence-electron chi connectivity index (χ4n) is 1.16. The molecule has 2 aromatic rings. The molecule has 0 saturated heterocycles. The Hall–Kier alpha value is -2.10. The highest BCUT2D eigenvalue weighted by Crippen LogP contribution is 2.11. The van der Waals surface area contributed by atoms with Crippen molar-refractivity contribution in [2.45, 2.75) is 0 Å². The Kier molecular flexibility index (Phi) is 2.49. The Morgan fingerprint density at radius 1 is 1.33 bits per heavy atom. The van der Waals surface area contributed by atoms with Gasteiger partial charge in [-0.15, -0.1) is 0 Å². The lowest BCUT2D eigenvalue weighted by Crippen LogP contribution is -2.10. The van der Waals surface area contributed by atoms with Crippen LogP contribution in [0.15, 0.2) is 47.3 Å². The maximum absolute atomic E-state index is 12.8. The molecule has 0 unspecified atom stereocenters. The zero-order valence-corrected chi connectivity index (χ0v) is 7.74. The van der Waals surface area contributed by atoms with Gasteiger partial charge in [0, 0.05) is 5.69 Å². The highest BCUT2D eigenvalue weighted by atomic mass is 19.1. The zero-order valence-electron chi connectivity index (χ0n) is 7.74. The number of hydrogen-bond acceptors (Lipinski definition) is 2. The first-order valence-electron chi connectivity index (χ1n) is 4.35. The molecule has 3 nitrogen and oxygen atoms in total. The molecule has 1 heterocycles. The summed E-state index contributed by atoms with van der Waals surface area (Å²) in [5, 5.41) is 2.55. The molecule has 0 aliphatic rings. The molecule has 0 aliphatic carbocycles. The molecule has 1 aromatic heterocycles. The second-order valence-electron chi connectivity index (χ2n) is 2.98. The van der Waals surface area contributed by atoms with Crippen LogP contribution in [0, 0.1) is 5.82 Å². The van der Waals surface area contributed by atoms with E-state index >= 15 is 0 Å². The molecule has 0 fully saturated rings. The van der Waals surface area contributed by atoms with Crippen LogP contribution >= 0.6 is 0 Å². The lowest BCUT2D eigenvalue weighted by molar-refractivity contribution is 0.102. The molecular weight excluding hydrogens is 197 g/mol. The molecule has 1 amide bonds. The van der Waals surface area contributed by atoms with E-state index in [0.29, 0.717) is 11.3 Å². The van der Waals surface area contributed by atoms with Gasteiger partial charge in [-0.1, -0.05) is 6.07 Å². The normalized spacial score (nSPS) is 9.93. The second kappa shape index (κ2) is 3.96. The quantitative estimate of drug-likeness (QED) is 0.818. The van der Waals surface area contributed by atoms with Gasteiger partial charge in [0.2, 0.25) is 0 Å². The minimum atomic E-state index is -0.389. The summed E-state index contributed by atoms with van der Waals surface area (Å²) in [6, 6.07) is 7.24. The molecule has 15 heavy (non-hydrogen) atoms. The third kappa shape index (κ3) is 2.22. The number of nitrogens with one attached hydrogen (secondary N) is 1. The van der Waals surface area contributed by atoms with Gasteiger partial charge in [-0.2, -0.15) is 0 Å². The lowest BCUT2D eigenvalue weighted by atomic mass is 10.2. The molecule has 0 spiro atoms. The second-order valence-corrected chi connectivity index (χ2v) is 2.98. The predicted octanol–water partition coefficient (Wildman–Crippen LogP) is 2.67. The first kappa shape index (κ1) is 9.45. The molecule has 2 rings (SSSR count). The summed E-state index contributed by atoms with van der Waals surface area (Å²) in [4.78, 5) is 11.5. The summed E-state index contributed by atoms with van der Waals surface area (Å²) >= 11 is 0. The van der Waals surface area contributed by atoms with Crippen molar-refractivity contribution in [1.82, 2.24) is 0 Å². The third-order valence-corrected chi connectivity index (χ3v) is 1.87. The summed E-state index contributed by atoms with van der Waals surface area (Å²) in [5.74, 6) is -0.714. The van der Waals surface area contributed by atoms with E-state index in [1.54, 1.807) is 6.07 Å². The van der Waals surface area contributed by atoms with Gasteiger partial charge in [0.1, 0.15) is 12.1 Å². The van der Waals surface area contributed by atoms with Crippen molar-refractivity contribution in [3.05, 3.63) is 54.2 Å².